The van der Waals surface area contributed by atoms with Gasteiger partial charge in [-0.3, -0.25) is 4.99 Å². The van der Waals surface area contributed by atoms with Gasteiger partial charge in [0.1, 0.15) is 6.04 Å². The van der Waals surface area contributed by atoms with E-state index in [1.165, 1.54) is 21.9 Å². The molecule has 0 aliphatic carbocycles. The molecular formula is C20H15N. The first-order chi connectivity index (χ1) is 10.4. The number of nitrogens with zero attached hydrogens (tertiary/aromatic N) is 1. The van der Waals surface area contributed by atoms with Gasteiger partial charge in [0.2, 0.25) is 0 Å². The van der Waals surface area contributed by atoms with Crippen molar-refractivity contribution < 1.29 is 0 Å². The Kier molecular flexibility index (Phi) is 2.89. The van der Waals surface area contributed by atoms with Gasteiger partial charge in [0.25, 0.3) is 0 Å². The highest BCUT2D eigenvalue weighted by molar-refractivity contribution is 5.72. The van der Waals surface area contributed by atoms with E-state index >= 15 is 0 Å². The van der Waals surface area contributed by atoms with Gasteiger partial charge in [0.15, 0.2) is 0 Å². The Bertz CT molecular complexity index is 880. The molecule has 0 aromatic heterocycles. The van der Waals surface area contributed by atoms with Crippen LogP contribution in [0.15, 0.2) is 89.9 Å². The van der Waals surface area contributed by atoms with Crippen LogP contribution in [-0.4, -0.2) is 0 Å². The maximum Gasteiger partial charge on any atom is 0.102 e. The van der Waals surface area contributed by atoms with E-state index in [0.29, 0.717) is 0 Å². The van der Waals surface area contributed by atoms with Crippen molar-refractivity contribution in [2.24, 2.45) is 4.99 Å². The molecule has 1 heteroatoms. The van der Waals surface area contributed by atoms with Gasteiger partial charge in [-0.1, -0.05) is 78.9 Å². The lowest BCUT2D eigenvalue weighted by Crippen LogP contribution is -2.22. The van der Waals surface area contributed by atoms with Crippen molar-refractivity contribution in [3.63, 3.8) is 0 Å². The fourth-order valence-corrected chi connectivity index (χ4v) is 2.97. The molecule has 100 valence electrons. The fourth-order valence-electron chi connectivity index (χ4n) is 2.97. The molecule has 1 unspecified atom stereocenters. The molecule has 0 bridgehead atoms. The topological polar surface area (TPSA) is 12.4 Å². The van der Waals surface area contributed by atoms with Crippen LogP contribution in [0.1, 0.15) is 17.2 Å². The van der Waals surface area contributed by atoms with Crippen LogP contribution in [0.5, 0.6) is 0 Å². The van der Waals surface area contributed by atoms with Crippen LogP contribution in [0.25, 0.3) is 5.57 Å². The number of hydrogen-bond donors (Lipinski definition) is 0. The van der Waals surface area contributed by atoms with Crippen LogP contribution in [-0.2, 0) is 0 Å². The van der Waals surface area contributed by atoms with Crippen molar-refractivity contribution in [2.45, 2.75) is 6.04 Å². The van der Waals surface area contributed by atoms with Gasteiger partial charge >= 0.3 is 0 Å². The zero-order valence-corrected chi connectivity index (χ0v) is 11.6. The van der Waals surface area contributed by atoms with Crippen LogP contribution >= 0.6 is 0 Å². The minimum Gasteiger partial charge on any atom is -0.272 e. The number of benzene rings is 3. The van der Waals surface area contributed by atoms with Crippen molar-refractivity contribution >= 4 is 5.57 Å². The predicted octanol–water partition coefficient (Wildman–Crippen LogP) is 3.26. The number of hydrogen-bond acceptors (Lipinski definition) is 1. The molecule has 3 aromatic rings. The molecule has 1 aliphatic rings. The summed E-state index contributed by atoms with van der Waals surface area (Å²) >= 11 is 0. The first-order valence-corrected chi connectivity index (χ1v) is 7.21. The smallest absolute Gasteiger partial charge is 0.102 e. The quantitative estimate of drug-likeness (QED) is 0.677. The van der Waals surface area contributed by atoms with Crippen LogP contribution in [0.2, 0.25) is 0 Å². The first kappa shape index (κ1) is 12.1. The molecule has 0 amide bonds. The van der Waals surface area contributed by atoms with Gasteiger partial charge in [0.05, 0.1) is 5.36 Å². The van der Waals surface area contributed by atoms with Gasteiger partial charge in [-0.15, -0.1) is 0 Å². The second-order valence-electron chi connectivity index (χ2n) is 5.24. The van der Waals surface area contributed by atoms with E-state index in [1.54, 1.807) is 0 Å². The highest BCUT2D eigenvalue weighted by atomic mass is 14.8. The summed E-state index contributed by atoms with van der Waals surface area (Å²) in [5, 5.41) is 2.34. The SMILES string of the molecule is c1ccc(C2=c3ccccc3=NC2c2ccccc2)cc1. The van der Waals surface area contributed by atoms with Crippen molar-refractivity contribution in [1.82, 2.24) is 0 Å². The predicted molar refractivity (Wildman–Crippen MR) is 85.4 cm³/mol. The molecule has 1 heterocycles. The molecule has 0 fully saturated rings. The number of rotatable bonds is 2. The molecule has 0 radical (unpaired) electrons. The van der Waals surface area contributed by atoms with Gasteiger partial charge in [0, 0.05) is 5.22 Å². The summed E-state index contributed by atoms with van der Waals surface area (Å²) in [4.78, 5) is 4.94. The Morgan fingerprint density at radius 3 is 2.00 bits per heavy atom. The summed E-state index contributed by atoms with van der Waals surface area (Å²) in [5.74, 6) is 0. The summed E-state index contributed by atoms with van der Waals surface area (Å²) in [7, 11) is 0. The lowest BCUT2D eigenvalue weighted by atomic mass is 9.93. The van der Waals surface area contributed by atoms with Crippen molar-refractivity contribution in [1.29, 1.82) is 0 Å². The Hall–Kier alpha value is -2.67. The molecule has 0 spiro atoms. The zero-order chi connectivity index (χ0) is 14.1. The summed E-state index contributed by atoms with van der Waals surface area (Å²) < 4.78 is 0. The first-order valence-electron chi connectivity index (χ1n) is 7.21. The van der Waals surface area contributed by atoms with E-state index in [1.807, 2.05) is 6.07 Å². The highest BCUT2D eigenvalue weighted by Crippen LogP contribution is 2.32. The second-order valence-corrected chi connectivity index (χ2v) is 5.24. The molecule has 0 saturated carbocycles. The molecule has 21 heavy (non-hydrogen) atoms. The largest absolute Gasteiger partial charge is 0.272 e. The normalized spacial score (nSPS) is 16.4. The van der Waals surface area contributed by atoms with Gasteiger partial charge < -0.3 is 0 Å². The summed E-state index contributed by atoms with van der Waals surface area (Å²) in [6.07, 6.45) is 0. The minimum atomic E-state index is 0.0889. The molecule has 1 atom stereocenters. The molecule has 0 N–H and O–H groups in total. The second kappa shape index (κ2) is 5.02. The van der Waals surface area contributed by atoms with Crippen LogP contribution < -0.4 is 10.6 Å². The van der Waals surface area contributed by atoms with E-state index < -0.39 is 0 Å². The van der Waals surface area contributed by atoms with Crippen LogP contribution in [0.4, 0.5) is 0 Å². The molecule has 3 aromatic carbocycles. The number of fused-ring (bicyclic) bond motifs is 1. The molecular weight excluding hydrogens is 254 g/mol. The van der Waals surface area contributed by atoms with E-state index in [0.717, 1.165) is 5.36 Å². The third kappa shape index (κ3) is 2.07. The minimum absolute atomic E-state index is 0.0889. The Labute approximate surface area is 123 Å². The average Bonchev–Trinajstić information content (AvgIpc) is 2.96. The standard InChI is InChI=1S/C20H15N/c1-3-9-15(10-4-1)19-17-13-7-8-14-18(17)21-20(19)16-11-5-2-6-12-16/h1-14,20H. The van der Waals surface area contributed by atoms with E-state index in [4.69, 9.17) is 4.99 Å². The number of para-hydroxylation sites is 1. The third-order valence-electron chi connectivity index (χ3n) is 3.94. The third-order valence-corrected chi connectivity index (χ3v) is 3.94. The monoisotopic (exact) mass is 269 g/mol. The summed E-state index contributed by atoms with van der Waals surface area (Å²) in [5.41, 5.74) is 3.80. The zero-order valence-electron chi connectivity index (χ0n) is 11.6. The molecule has 1 nitrogen and oxygen atoms in total. The maximum atomic E-state index is 4.94. The van der Waals surface area contributed by atoms with Gasteiger partial charge in [-0.2, -0.15) is 0 Å². The molecule has 1 aliphatic heterocycles. The molecule has 0 saturated heterocycles. The Morgan fingerprint density at radius 1 is 0.619 bits per heavy atom. The van der Waals surface area contributed by atoms with Crippen molar-refractivity contribution in [3.8, 4) is 0 Å². The summed E-state index contributed by atoms with van der Waals surface area (Å²) in [6.45, 7) is 0. The fraction of sp³-hybridized carbons (Fsp3) is 0.0500. The van der Waals surface area contributed by atoms with Crippen LogP contribution in [0.3, 0.4) is 0 Å². The highest BCUT2D eigenvalue weighted by Gasteiger charge is 2.22. The Balaban J connectivity index is 2.00. The van der Waals surface area contributed by atoms with Gasteiger partial charge in [-0.25, -0.2) is 0 Å². The maximum absolute atomic E-state index is 4.94. The van der Waals surface area contributed by atoms with Crippen LogP contribution in [0, 0.1) is 0 Å². The van der Waals surface area contributed by atoms with E-state index in [2.05, 4.69) is 78.9 Å². The lowest BCUT2D eigenvalue weighted by Gasteiger charge is -2.14. The van der Waals surface area contributed by atoms with E-state index in [-0.39, 0.29) is 6.04 Å². The summed E-state index contributed by atoms with van der Waals surface area (Å²) in [6, 6.07) is 29.6. The Morgan fingerprint density at radius 2 is 1.24 bits per heavy atom. The van der Waals surface area contributed by atoms with Crippen molar-refractivity contribution in [2.75, 3.05) is 0 Å². The lowest BCUT2D eigenvalue weighted by molar-refractivity contribution is 0.920. The molecule has 4 rings (SSSR count). The van der Waals surface area contributed by atoms with E-state index in [9.17, 15) is 0 Å². The average molecular weight is 269 g/mol. The van der Waals surface area contributed by atoms with Gasteiger partial charge in [-0.05, 0) is 22.8 Å². The van der Waals surface area contributed by atoms with Crippen molar-refractivity contribution in [3.05, 3.63) is 107 Å².